The minimum Gasteiger partial charge on any atom is -0.350 e. The van der Waals surface area contributed by atoms with E-state index in [1.807, 2.05) is 19.1 Å². The van der Waals surface area contributed by atoms with Crippen LogP contribution in [0.1, 0.15) is 6.92 Å². The highest BCUT2D eigenvalue weighted by molar-refractivity contribution is 7.82. The van der Waals surface area contributed by atoms with E-state index in [4.69, 9.17) is 24.4 Å². The molecule has 2 nitrogen and oxygen atoms in total. The Kier molecular flexibility index (Phi) is 2.34. The van der Waals surface area contributed by atoms with Crippen molar-refractivity contribution in [1.29, 1.82) is 0 Å². The highest BCUT2D eigenvalue weighted by Crippen LogP contribution is 1.96. The molecule has 1 rings (SSSR count). The van der Waals surface area contributed by atoms with Gasteiger partial charge in [0.05, 0.1) is 6.04 Å². The Labute approximate surface area is 70.7 Å². The van der Waals surface area contributed by atoms with Crippen LogP contribution in [0.4, 0.5) is 0 Å². The number of thiocarbonyl (C=S) groups is 2. The second-order valence-electron chi connectivity index (χ2n) is 1.97. The van der Waals surface area contributed by atoms with Crippen LogP contribution in [0.15, 0.2) is 12.2 Å². The average Bonchev–Trinajstić information content (AvgIpc) is 2.13. The predicted octanol–water partition coefficient (Wildman–Crippen LogP) is 0.736. The van der Waals surface area contributed by atoms with E-state index in [1.165, 1.54) is 0 Å². The Bertz CT molecular complexity index is 198. The fourth-order valence-electron chi connectivity index (χ4n) is 0.760. The minimum absolute atomic E-state index is 0.104. The molecule has 0 aromatic rings. The monoisotopic (exact) mass is 172 g/mol. The lowest BCUT2D eigenvalue weighted by atomic mass is 10.3. The van der Waals surface area contributed by atoms with E-state index in [1.54, 1.807) is 0 Å². The third-order valence-electron chi connectivity index (χ3n) is 1.19. The predicted molar refractivity (Wildman–Crippen MR) is 50.1 cm³/mol. The lowest BCUT2D eigenvalue weighted by Crippen LogP contribution is -2.25. The maximum Gasteiger partial charge on any atom is 0.172 e. The van der Waals surface area contributed by atoms with Crippen molar-refractivity contribution >= 4 is 34.5 Å². The van der Waals surface area contributed by atoms with Crippen LogP contribution in [0, 0.1) is 0 Å². The van der Waals surface area contributed by atoms with Gasteiger partial charge in [0.2, 0.25) is 0 Å². The summed E-state index contributed by atoms with van der Waals surface area (Å²) in [5.74, 6) is 0. The molecule has 1 atom stereocenters. The van der Waals surface area contributed by atoms with Crippen LogP contribution in [-0.4, -0.2) is 16.1 Å². The van der Waals surface area contributed by atoms with Crippen molar-refractivity contribution in [2.75, 3.05) is 0 Å². The molecule has 1 heterocycles. The molecule has 1 aliphatic heterocycles. The maximum absolute atomic E-state index is 4.97. The SMILES string of the molecule is CC=CC1NC(=S)NC1=S. The number of rotatable bonds is 1. The van der Waals surface area contributed by atoms with E-state index in [9.17, 15) is 0 Å². The van der Waals surface area contributed by atoms with Crippen LogP contribution in [0.3, 0.4) is 0 Å². The molecule has 0 aromatic carbocycles. The molecule has 0 radical (unpaired) electrons. The quantitative estimate of drug-likeness (QED) is 0.450. The number of hydrogen-bond donors (Lipinski definition) is 2. The van der Waals surface area contributed by atoms with Crippen molar-refractivity contribution in [3.8, 4) is 0 Å². The Morgan fingerprint density at radius 3 is 2.60 bits per heavy atom. The molecule has 54 valence electrons. The lowest BCUT2D eigenvalue weighted by Gasteiger charge is -1.99. The number of nitrogens with one attached hydrogen (secondary N) is 2. The van der Waals surface area contributed by atoms with Gasteiger partial charge in [0.1, 0.15) is 4.99 Å². The first-order chi connectivity index (χ1) is 4.74. The molecular weight excluding hydrogens is 164 g/mol. The van der Waals surface area contributed by atoms with Crippen molar-refractivity contribution < 1.29 is 0 Å². The topological polar surface area (TPSA) is 24.1 Å². The van der Waals surface area contributed by atoms with E-state index < -0.39 is 0 Å². The molecule has 0 aromatic heterocycles. The summed E-state index contributed by atoms with van der Waals surface area (Å²) in [7, 11) is 0. The van der Waals surface area contributed by atoms with Crippen molar-refractivity contribution in [1.82, 2.24) is 10.6 Å². The molecule has 0 bridgehead atoms. The molecule has 0 amide bonds. The van der Waals surface area contributed by atoms with Gasteiger partial charge in [-0.15, -0.1) is 0 Å². The lowest BCUT2D eigenvalue weighted by molar-refractivity contribution is 0.978. The first-order valence-corrected chi connectivity index (χ1v) is 3.80. The third kappa shape index (κ3) is 1.52. The van der Waals surface area contributed by atoms with Gasteiger partial charge in [-0.3, -0.25) is 0 Å². The first kappa shape index (κ1) is 7.63. The van der Waals surface area contributed by atoms with Gasteiger partial charge in [0, 0.05) is 0 Å². The fourth-order valence-corrected chi connectivity index (χ4v) is 1.30. The highest BCUT2D eigenvalue weighted by Gasteiger charge is 2.19. The number of allylic oxidation sites excluding steroid dienone is 1. The van der Waals surface area contributed by atoms with Gasteiger partial charge in [0.15, 0.2) is 5.11 Å². The fraction of sp³-hybridized carbons (Fsp3) is 0.333. The second kappa shape index (κ2) is 3.07. The average molecular weight is 172 g/mol. The van der Waals surface area contributed by atoms with Gasteiger partial charge in [-0.1, -0.05) is 24.4 Å². The van der Waals surface area contributed by atoms with Gasteiger partial charge in [0.25, 0.3) is 0 Å². The Morgan fingerprint density at radius 2 is 2.20 bits per heavy atom. The Balaban J connectivity index is 2.63. The molecule has 0 spiro atoms. The molecule has 0 saturated carbocycles. The van der Waals surface area contributed by atoms with Gasteiger partial charge < -0.3 is 10.6 Å². The van der Waals surface area contributed by atoms with Gasteiger partial charge >= 0.3 is 0 Å². The van der Waals surface area contributed by atoms with Crippen LogP contribution in [-0.2, 0) is 0 Å². The molecule has 0 aliphatic carbocycles. The maximum atomic E-state index is 4.97. The molecule has 1 saturated heterocycles. The van der Waals surface area contributed by atoms with Crippen LogP contribution < -0.4 is 10.6 Å². The number of hydrogen-bond acceptors (Lipinski definition) is 2. The molecule has 1 unspecified atom stereocenters. The van der Waals surface area contributed by atoms with Crippen molar-refractivity contribution in [3.63, 3.8) is 0 Å². The summed E-state index contributed by atoms with van der Waals surface area (Å²) in [5, 5.41) is 6.47. The summed E-state index contributed by atoms with van der Waals surface area (Å²) < 4.78 is 0. The first-order valence-electron chi connectivity index (χ1n) is 2.98. The summed E-state index contributed by atoms with van der Waals surface area (Å²) >= 11 is 9.81. The molecule has 1 aliphatic rings. The normalized spacial score (nSPS) is 25.1. The summed E-state index contributed by atoms with van der Waals surface area (Å²) in [6.07, 6.45) is 3.91. The van der Waals surface area contributed by atoms with Crippen molar-refractivity contribution in [2.24, 2.45) is 0 Å². The van der Waals surface area contributed by atoms with Gasteiger partial charge in [-0.25, -0.2) is 0 Å². The summed E-state index contributed by atoms with van der Waals surface area (Å²) in [6, 6.07) is 0.104. The van der Waals surface area contributed by atoms with Gasteiger partial charge in [-0.2, -0.15) is 0 Å². The van der Waals surface area contributed by atoms with Crippen molar-refractivity contribution in [3.05, 3.63) is 12.2 Å². The minimum atomic E-state index is 0.104. The van der Waals surface area contributed by atoms with Crippen LogP contribution in [0.25, 0.3) is 0 Å². The molecule has 2 N–H and O–H groups in total. The third-order valence-corrected chi connectivity index (χ3v) is 1.77. The van der Waals surface area contributed by atoms with E-state index in [0.29, 0.717) is 5.11 Å². The zero-order chi connectivity index (χ0) is 7.56. The van der Waals surface area contributed by atoms with E-state index >= 15 is 0 Å². The molecule has 10 heavy (non-hydrogen) atoms. The van der Waals surface area contributed by atoms with E-state index in [0.717, 1.165) is 4.99 Å². The summed E-state index contributed by atoms with van der Waals surface area (Å²) in [6.45, 7) is 1.95. The molecule has 1 fully saturated rings. The van der Waals surface area contributed by atoms with Crippen LogP contribution in [0.2, 0.25) is 0 Å². The zero-order valence-electron chi connectivity index (χ0n) is 5.55. The van der Waals surface area contributed by atoms with E-state index in [-0.39, 0.29) is 6.04 Å². The smallest absolute Gasteiger partial charge is 0.172 e. The molecular formula is C6H8N2S2. The standard InChI is InChI=1S/C6H8N2S2/c1-2-3-4-5(9)8-6(10)7-4/h2-4H,1H3,(H2,7,8,9,10). The Hall–Kier alpha value is -0.480. The largest absolute Gasteiger partial charge is 0.350 e. The van der Waals surface area contributed by atoms with Gasteiger partial charge in [-0.05, 0) is 19.1 Å². The zero-order valence-corrected chi connectivity index (χ0v) is 7.18. The van der Waals surface area contributed by atoms with Crippen LogP contribution in [0.5, 0.6) is 0 Å². The molecule has 4 heteroatoms. The van der Waals surface area contributed by atoms with E-state index in [2.05, 4.69) is 10.6 Å². The van der Waals surface area contributed by atoms with Crippen molar-refractivity contribution in [2.45, 2.75) is 13.0 Å². The summed E-state index contributed by atoms with van der Waals surface area (Å²) in [5.41, 5.74) is 0. The highest BCUT2D eigenvalue weighted by atomic mass is 32.1. The summed E-state index contributed by atoms with van der Waals surface area (Å²) in [4.78, 5) is 0.753. The second-order valence-corrected chi connectivity index (χ2v) is 2.81. The Morgan fingerprint density at radius 1 is 1.50 bits per heavy atom. The van der Waals surface area contributed by atoms with Crippen LogP contribution >= 0.6 is 24.4 Å².